The molecule has 0 heterocycles. The van der Waals surface area contributed by atoms with E-state index < -0.39 is 0 Å². The number of carbonyl (C=O) groups is 2. The molecule has 4 nitrogen and oxygen atoms in total. The first-order chi connectivity index (χ1) is 18.0. The summed E-state index contributed by atoms with van der Waals surface area (Å²) in [4.78, 5) is 25.7. The van der Waals surface area contributed by atoms with Gasteiger partial charge in [-0.2, -0.15) is 11.8 Å². The lowest BCUT2D eigenvalue weighted by Gasteiger charge is -2.23. The van der Waals surface area contributed by atoms with Crippen molar-refractivity contribution in [2.24, 2.45) is 0 Å². The molecule has 5 rings (SSSR count). The summed E-state index contributed by atoms with van der Waals surface area (Å²) in [5.41, 5.74) is 7.03. The Morgan fingerprint density at radius 2 is 1.59 bits per heavy atom. The summed E-state index contributed by atoms with van der Waals surface area (Å²) in [6.07, 6.45) is 2.41. The van der Waals surface area contributed by atoms with Crippen molar-refractivity contribution >= 4 is 23.3 Å². The molecule has 0 aromatic heterocycles. The number of carbonyl (C=O) groups excluding carboxylic acids is 2. The minimum atomic E-state index is -0.00981. The summed E-state index contributed by atoms with van der Waals surface area (Å²) in [6, 6.07) is 26.7. The van der Waals surface area contributed by atoms with E-state index in [9.17, 15) is 9.59 Å². The second kappa shape index (κ2) is 10.7. The van der Waals surface area contributed by atoms with Gasteiger partial charge in [0.25, 0.3) is 0 Å². The van der Waals surface area contributed by atoms with E-state index in [0.717, 1.165) is 33.4 Å². The van der Waals surface area contributed by atoms with Crippen molar-refractivity contribution in [2.45, 2.75) is 25.2 Å². The van der Waals surface area contributed by atoms with Gasteiger partial charge in [0.1, 0.15) is 6.61 Å². The third-order valence-corrected chi connectivity index (χ3v) is 7.82. The van der Waals surface area contributed by atoms with E-state index in [1.54, 1.807) is 18.9 Å². The van der Waals surface area contributed by atoms with Gasteiger partial charge in [0.05, 0.1) is 7.11 Å². The number of Topliss-reactive ketones (excluding diaryl/α,β-unsaturated/α-hetero) is 1. The first-order valence-electron chi connectivity index (χ1n) is 12.2. The maximum atomic E-state index is 13.0. The van der Waals surface area contributed by atoms with Crippen molar-refractivity contribution in [1.82, 2.24) is 0 Å². The third-order valence-electron chi connectivity index (χ3n) is 6.84. The molecule has 4 aromatic carbocycles. The zero-order valence-corrected chi connectivity index (χ0v) is 21.9. The summed E-state index contributed by atoms with van der Waals surface area (Å²) < 4.78 is 11.8. The Hall–Kier alpha value is -3.83. The summed E-state index contributed by atoms with van der Waals surface area (Å²) in [7, 11) is 1.62. The van der Waals surface area contributed by atoms with Gasteiger partial charge in [0.2, 0.25) is 0 Å². The molecule has 4 aromatic rings. The standard InChI is InChI=1S/C32H28O4S/c1-20(37-3)24-13-14-26-27-18-30(35-2)31(17-25(27)16-29(33)28(26)15-24)36-19-21-9-11-23(12-10-21)32(34)22-7-5-4-6-8-22/h4-15,17-18,20H,16,19H2,1-3H3. The van der Waals surface area contributed by atoms with Crippen LogP contribution in [0, 0.1) is 0 Å². The molecule has 0 spiro atoms. The Morgan fingerprint density at radius 1 is 0.865 bits per heavy atom. The minimum absolute atomic E-state index is 0.00981. The van der Waals surface area contributed by atoms with Gasteiger partial charge in [0.15, 0.2) is 23.1 Å². The molecule has 0 amide bonds. The second-order valence-electron chi connectivity index (χ2n) is 9.12. The van der Waals surface area contributed by atoms with E-state index in [0.29, 0.717) is 40.9 Å². The quantitative estimate of drug-likeness (QED) is 0.233. The van der Waals surface area contributed by atoms with Crippen LogP contribution in [-0.2, 0) is 13.0 Å². The Morgan fingerprint density at radius 3 is 2.30 bits per heavy atom. The molecule has 37 heavy (non-hydrogen) atoms. The van der Waals surface area contributed by atoms with Gasteiger partial charge in [-0.15, -0.1) is 0 Å². The third kappa shape index (κ3) is 5.05. The summed E-state index contributed by atoms with van der Waals surface area (Å²) in [5.74, 6) is 1.32. The maximum absolute atomic E-state index is 13.0. The molecule has 1 unspecified atom stereocenters. The molecular formula is C32H28O4S. The van der Waals surface area contributed by atoms with Crippen molar-refractivity contribution in [3.63, 3.8) is 0 Å². The highest BCUT2D eigenvalue weighted by Crippen LogP contribution is 2.42. The van der Waals surface area contributed by atoms with E-state index in [-0.39, 0.29) is 11.6 Å². The zero-order chi connectivity index (χ0) is 25.9. The molecule has 0 saturated carbocycles. The van der Waals surface area contributed by atoms with Gasteiger partial charge < -0.3 is 9.47 Å². The number of benzene rings is 4. The highest BCUT2D eigenvalue weighted by molar-refractivity contribution is 7.98. The lowest BCUT2D eigenvalue weighted by molar-refractivity contribution is 0.0990. The van der Waals surface area contributed by atoms with E-state index in [1.807, 2.05) is 78.9 Å². The molecule has 1 aliphatic carbocycles. The average Bonchev–Trinajstić information content (AvgIpc) is 2.95. The van der Waals surface area contributed by atoms with Crippen LogP contribution in [0.15, 0.2) is 84.9 Å². The second-order valence-corrected chi connectivity index (χ2v) is 10.3. The predicted molar refractivity (Wildman–Crippen MR) is 149 cm³/mol. The lowest BCUT2D eigenvalue weighted by atomic mass is 9.83. The summed E-state index contributed by atoms with van der Waals surface area (Å²) in [5, 5.41) is 0.329. The maximum Gasteiger partial charge on any atom is 0.193 e. The van der Waals surface area contributed by atoms with Crippen LogP contribution in [-0.4, -0.2) is 24.9 Å². The number of thioether (sulfide) groups is 1. The van der Waals surface area contributed by atoms with Gasteiger partial charge in [-0.1, -0.05) is 66.7 Å². The first kappa shape index (κ1) is 24.8. The number of rotatable bonds is 8. The molecule has 0 bridgehead atoms. The Labute approximate surface area is 221 Å². The van der Waals surface area contributed by atoms with E-state index in [2.05, 4.69) is 19.2 Å². The summed E-state index contributed by atoms with van der Waals surface area (Å²) >= 11 is 1.76. The molecule has 0 fully saturated rings. The van der Waals surface area contributed by atoms with Crippen molar-refractivity contribution < 1.29 is 19.1 Å². The van der Waals surface area contributed by atoms with Crippen LogP contribution in [0.1, 0.15) is 55.1 Å². The number of hydrogen-bond donors (Lipinski definition) is 0. The zero-order valence-electron chi connectivity index (χ0n) is 21.1. The number of ether oxygens (including phenoxy) is 2. The van der Waals surface area contributed by atoms with E-state index >= 15 is 0 Å². The molecule has 0 aliphatic heterocycles. The van der Waals surface area contributed by atoms with Crippen LogP contribution >= 0.6 is 11.8 Å². The fourth-order valence-corrected chi connectivity index (χ4v) is 5.04. The van der Waals surface area contributed by atoms with Crippen LogP contribution in [0.3, 0.4) is 0 Å². The Bertz CT molecular complexity index is 1460. The topological polar surface area (TPSA) is 52.6 Å². The van der Waals surface area contributed by atoms with Gasteiger partial charge in [-0.25, -0.2) is 0 Å². The predicted octanol–water partition coefficient (Wildman–Crippen LogP) is 7.34. The van der Waals surface area contributed by atoms with Gasteiger partial charge >= 0.3 is 0 Å². The summed E-state index contributed by atoms with van der Waals surface area (Å²) in [6.45, 7) is 2.46. The van der Waals surface area contributed by atoms with Crippen LogP contribution in [0.4, 0.5) is 0 Å². The minimum Gasteiger partial charge on any atom is -0.493 e. The highest BCUT2D eigenvalue weighted by atomic mass is 32.2. The lowest BCUT2D eigenvalue weighted by Crippen LogP contribution is -2.14. The van der Waals surface area contributed by atoms with Crippen molar-refractivity contribution in [1.29, 1.82) is 0 Å². The molecular weight excluding hydrogens is 480 g/mol. The average molecular weight is 509 g/mol. The van der Waals surface area contributed by atoms with Crippen molar-refractivity contribution in [3.8, 4) is 22.6 Å². The van der Waals surface area contributed by atoms with Gasteiger partial charge in [-0.3, -0.25) is 9.59 Å². The SMILES string of the molecule is COc1cc2c(cc1OCc1ccc(C(=O)c3ccccc3)cc1)CC(=O)c1cc(C(C)SC)ccc1-2. The number of fused-ring (bicyclic) bond motifs is 3. The van der Waals surface area contributed by atoms with Crippen molar-refractivity contribution in [2.75, 3.05) is 13.4 Å². The van der Waals surface area contributed by atoms with Crippen LogP contribution in [0.5, 0.6) is 11.5 Å². The van der Waals surface area contributed by atoms with E-state index in [1.165, 1.54) is 0 Å². The molecule has 0 saturated heterocycles. The molecule has 0 N–H and O–H groups in total. The highest BCUT2D eigenvalue weighted by Gasteiger charge is 2.26. The fraction of sp³-hybridized carbons (Fsp3) is 0.188. The van der Waals surface area contributed by atoms with Gasteiger partial charge in [-0.05, 0) is 59.2 Å². The fourth-order valence-electron chi connectivity index (χ4n) is 4.63. The molecule has 5 heteroatoms. The van der Waals surface area contributed by atoms with Crippen LogP contribution < -0.4 is 9.47 Å². The van der Waals surface area contributed by atoms with Crippen molar-refractivity contribution in [3.05, 3.63) is 118 Å². The number of methoxy groups -OCH3 is 1. The molecule has 1 atom stereocenters. The Kier molecular flexibility index (Phi) is 7.15. The first-order valence-corrected chi connectivity index (χ1v) is 13.5. The largest absolute Gasteiger partial charge is 0.493 e. The Balaban J connectivity index is 1.36. The monoisotopic (exact) mass is 508 g/mol. The molecule has 186 valence electrons. The number of hydrogen-bond acceptors (Lipinski definition) is 5. The molecule has 1 aliphatic rings. The smallest absolute Gasteiger partial charge is 0.193 e. The normalized spacial score (nSPS) is 12.9. The van der Waals surface area contributed by atoms with Crippen LogP contribution in [0.2, 0.25) is 0 Å². The number of ketones is 2. The molecule has 0 radical (unpaired) electrons. The van der Waals surface area contributed by atoms with Crippen LogP contribution in [0.25, 0.3) is 11.1 Å². The van der Waals surface area contributed by atoms with E-state index in [4.69, 9.17) is 9.47 Å². The van der Waals surface area contributed by atoms with Gasteiger partial charge in [0, 0.05) is 28.4 Å².